The predicted octanol–water partition coefficient (Wildman–Crippen LogP) is 1.90. The minimum Gasteiger partial charge on any atom is -0.493 e. The van der Waals surface area contributed by atoms with Crippen molar-refractivity contribution in [3.8, 4) is 11.5 Å². The molecule has 0 N–H and O–H groups in total. The molecule has 0 saturated carbocycles. The Kier molecular flexibility index (Phi) is 3.70. The van der Waals surface area contributed by atoms with Gasteiger partial charge in [-0.25, -0.2) is 0 Å². The average Bonchev–Trinajstić information content (AvgIpc) is 2.71. The highest BCUT2D eigenvalue weighted by molar-refractivity contribution is 6.02. The number of ketones is 1. The third-order valence-electron chi connectivity index (χ3n) is 3.80. The third-order valence-corrected chi connectivity index (χ3v) is 3.80. The number of likely N-dealkylation sites (tertiary alicyclic amines) is 1. The van der Waals surface area contributed by atoms with Crippen molar-refractivity contribution in [2.24, 2.45) is 0 Å². The van der Waals surface area contributed by atoms with Crippen LogP contribution in [0.5, 0.6) is 11.5 Å². The minimum atomic E-state index is -0.746. The SMILES string of the molecule is COc1ccc(C(=O)N2CCC(=O)C2(C)C)cc1OC. The normalized spacial score (nSPS) is 17.2. The monoisotopic (exact) mass is 277 g/mol. The Morgan fingerprint density at radius 2 is 1.85 bits per heavy atom. The Morgan fingerprint density at radius 3 is 2.35 bits per heavy atom. The molecule has 0 radical (unpaired) electrons. The van der Waals surface area contributed by atoms with E-state index in [0.29, 0.717) is 30.0 Å². The molecule has 1 aliphatic rings. The molecule has 0 bridgehead atoms. The number of ether oxygens (including phenoxy) is 2. The molecule has 0 aromatic heterocycles. The van der Waals surface area contributed by atoms with Crippen LogP contribution in [0, 0.1) is 0 Å². The molecule has 1 fully saturated rings. The summed E-state index contributed by atoms with van der Waals surface area (Å²) in [6.07, 6.45) is 0.409. The summed E-state index contributed by atoms with van der Waals surface area (Å²) in [4.78, 5) is 26.0. The zero-order valence-corrected chi connectivity index (χ0v) is 12.2. The van der Waals surface area contributed by atoms with Crippen LogP contribution in [0.4, 0.5) is 0 Å². The van der Waals surface area contributed by atoms with E-state index in [2.05, 4.69) is 0 Å². The molecule has 108 valence electrons. The number of methoxy groups -OCH3 is 2. The van der Waals surface area contributed by atoms with Crippen LogP contribution in [0.15, 0.2) is 18.2 Å². The zero-order chi connectivity index (χ0) is 14.9. The number of hydrogen-bond acceptors (Lipinski definition) is 4. The molecule has 0 atom stereocenters. The summed E-state index contributed by atoms with van der Waals surface area (Å²) in [6, 6.07) is 5.01. The van der Waals surface area contributed by atoms with Gasteiger partial charge in [0.15, 0.2) is 17.3 Å². The second-order valence-electron chi connectivity index (χ2n) is 5.26. The second-order valence-corrected chi connectivity index (χ2v) is 5.26. The summed E-state index contributed by atoms with van der Waals surface area (Å²) in [7, 11) is 3.07. The van der Waals surface area contributed by atoms with Gasteiger partial charge in [0.25, 0.3) is 5.91 Å². The molecule has 1 amide bonds. The van der Waals surface area contributed by atoms with Gasteiger partial charge in [0.05, 0.1) is 19.8 Å². The molecular formula is C15H19NO4. The Balaban J connectivity index is 2.33. The molecule has 20 heavy (non-hydrogen) atoms. The largest absolute Gasteiger partial charge is 0.493 e. The van der Waals surface area contributed by atoms with Crippen LogP contribution in [-0.2, 0) is 4.79 Å². The minimum absolute atomic E-state index is 0.0892. The van der Waals surface area contributed by atoms with Gasteiger partial charge in [-0.05, 0) is 32.0 Å². The summed E-state index contributed by atoms with van der Waals surface area (Å²) in [5.41, 5.74) is -0.255. The van der Waals surface area contributed by atoms with Gasteiger partial charge < -0.3 is 14.4 Å². The van der Waals surface area contributed by atoms with E-state index in [4.69, 9.17) is 9.47 Å². The number of benzene rings is 1. The highest BCUT2D eigenvalue weighted by Gasteiger charge is 2.42. The van der Waals surface area contributed by atoms with Gasteiger partial charge in [-0.2, -0.15) is 0 Å². The molecule has 5 nitrogen and oxygen atoms in total. The highest BCUT2D eigenvalue weighted by atomic mass is 16.5. The first-order valence-electron chi connectivity index (χ1n) is 6.49. The predicted molar refractivity (Wildman–Crippen MR) is 74.3 cm³/mol. The molecule has 1 aromatic carbocycles. The molecule has 0 spiro atoms. The maximum Gasteiger partial charge on any atom is 0.254 e. The Bertz CT molecular complexity index is 551. The number of carbonyl (C=O) groups excluding carboxylic acids is 2. The highest BCUT2D eigenvalue weighted by Crippen LogP contribution is 2.31. The fourth-order valence-corrected chi connectivity index (χ4v) is 2.43. The molecule has 1 saturated heterocycles. The van der Waals surface area contributed by atoms with Crippen LogP contribution in [0.1, 0.15) is 30.6 Å². The number of nitrogens with zero attached hydrogens (tertiary/aromatic N) is 1. The lowest BCUT2D eigenvalue weighted by Gasteiger charge is -2.30. The maximum atomic E-state index is 12.6. The Hall–Kier alpha value is -2.04. The van der Waals surface area contributed by atoms with Gasteiger partial charge in [0, 0.05) is 18.5 Å². The van der Waals surface area contributed by atoms with Gasteiger partial charge in [0.1, 0.15) is 0 Å². The van der Waals surface area contributed by atoms with Crippen molar-refractivity contribution in [3.05, 3.63) is 23.8 Å². The molecular weight excluding hydrogens is 258 g/mol. The van der Waals surface area contributed by atoms with Gasteiger partial charge in [-0.15, -0.1) is 0 Å². The van der Waals surface area contributed by atoms with Crippen molar-refractivity contribution in [2.45, 2.75) is 25.8 Å². The number of Topliss-reactive ketones (excluding diaryl/α,β-unsaturated/α-hetero) is 1. The molecule has 0 aliphatic carbocycles. The van der Waals surface area contributed by atoms with Crippen molar-refractivity contribution >= 4 is 11.7 Å². The van der Waals surface area contributed by atoms with Crippen molar-refractivity contribution in [1.29, 1.82) is 0 Å². The van der Waals surface area contributed by atoms with Crippen LogP contribution < -0.4 is 9.47 Å². The molecule has 5 heteroatoms. The van der Waals surface area contributed by atoms with Crippen molar-refractivity contribution in [1.82, 2.24) is 4.90 Å². The smallest absolute Gasteiger partial charge is 0.254 e. The van der Waals surface area contributed by atoms with Crippen molar-refractivity contribution < 1.29 is 19.1 Å². The quantitative estimate of drug-likeness (QED) is 0.846. The summed E-state index contributed by atoms with van der Waals surface area (Å²) < 4.78 is 10.4. The number of amides is 1. The lowest BCUT2D eigenvalue weighted by Crippen LogP contribution is -2.46. The Morgan fingerprint density at radius 1 is 1.20 bits per heavy atom. The van der Waals surface area contributed by atoms with E-state index in [0.717, 1.165) is 0 Å². The van der Waals surface area contributed by atoms with Gasteiger partial charge >= 0.3 is 0 Å². The summed E-state index contributed by atoms with van der Waals surface area (Å²) in [5.74, 6) is 0.996. The fraction of sp³-hybridized carbons (Fsp3) is 0.467. The second kappa shape index (κ2) is 5.15. The number of rotatable bonds is 3. The van der Waals surface area contributed by atoms with E-state index >= 15 is 0 Å². The Labute approximate surface area is 118 Å². The van der Waals surface area contributed by atoms with E-state index in [1.54, 1.807) is 44.1 Å². The molecule has 1 aromatic rings. The molecule has 1 heterocycles. The summed E-state index contributed by atoms with van der Waals surface area (Å²) in [5, 5.41) is 0. The van der Waals surface area contributed by atoms with Crippen LogP contribution in [0.2, 0.25) is 0 Å². The third kappa shape index (κ3) is 2.24. The topological polar surface area (TPSA) is 55.8 Å². The van der Waals surface area contributed by atoms with Gasteiger partial charge in [-0.3, -0.25) is 9.59 Å². The fourth-order valence-electron chi connectivity index (χ4n) is 2.43. The molecule has 2 rings (SSSR count). The lowest BCUT2D eigenvalue weighted by atomic mass is 10.00. The first kappa shape index (κ1) is 14.4. The van der Waals surface area contributed by atoms with Crippen LogP contribution in [0.3, 0.4) is 0 Å². The summed E-state index contributed by atoms with van der Waals surface area (Å²) >= 11 is 0. The molecule has 1 aliphatic heterocycles. The van der Waals surface area contributed by atoms with Gasteiger partial charge in [-0.1, -0.05) is 0 Å². The van der Waals surface area contributed by atoms with Crippen LogP contribution in [0.25, 0.3) is 0 Å². The maximum absolute atomic E-state index is 12.6. The first-order valence-corrected chi connectivity index (χ1v) is 6.49. The summed E-state index contributed by atoms with van der Waals surface area (Å²) in [6.45, 7) is 4.01. The van der Waals surface area contributed by atoms with Crippen LogP contribution in [-0.4, -0.2) is 42.9 Å². The van der Waals surface area contributed by atoms with Crippen molar-refractivity contribution in [2.75, 3.05) is 20.8 Å². The van der Waals surface area contributed by atoms with Crippen molar-refractivity contribution in [3.63, 3.8) is 0 Å². The van der Waals surface area contributed by atoms with E-state index in [-0.39, 0.29) is 11.7 Å². The number of hydrogen-bond donors (Lipinski definition) is 0. The standard InChI is InChI=1S/C15H19NO4/c1-15(2)13(17)7-8-16(15)14(18)10-5-6-11(19-3)12(9-10)20-4/h5-6,9H,7-8H2,1-4H3. The lowest BCUT2D eigenvalue weighted by molar-refractivity contribution is -0.123. The van der Waals surface area contributed by atoms with Gasteiger partial charge in [0.2, 0.25) is 0 Å². The zero-order valence-electron chi connectivity index (χ0n) is 12.2. The van der Waals surface area contributed by atoms with E-state index < -0.39 is 5.54 Å². The molecule has 0 unspecified atom stereocenters. The number of carbonyl (C=O) groups is 2. The van der Waals surface area contributed by atoms with E-state index in [1.165, 1.54) is 7.11 Å². The first-order chi connectivity index (χ1) is 9.41. The van der Waals surface area contributed by atoms with E-state index in [9.17, 15) is 9.59 Å². The van der Waals surface area contributed by atoms with E-state index in [1.807, 2.05) is 0 Å². The average molecular weight is 277 g/mol. The van der Waals surface area contributed by atoms with Crippen LogP contribution >= 0.6 is 0 Å².